The number of aromatic amines is 1. The van der Waals surface area contributed by atoms with Crippen molar-refractivity contribution in [3.8, 4) is 0 Å². The van der Waals surface area contributed by atoms with Crippen LogP contribution in [0.25, 0.3) is 10.9 Å². The molecule has 0 bridgehead atoms. The molecule has 0 spiro atoms. The van der Waals surface area contributed by atoms with Crippen molar-refractivity contribution in [2.45, 2.75) is 38.6 Å². The summed E-state index contributed by atoms with van der Waals surface area (Å²) in [6.07, 6.45) is 5.05. The van der Waals surface area contributed by atoms with Gasteiger partial charge in [0.1, 0.15) is 5.82 Å². The van der Waals surface area contributed by atoms with Crippen molar-refractivity contribution in [3.05, 3.63) is 52.7 Å². The summed E-state index contributed by atoms with van der Waals surface area (Å²) in [6, 6.07) is 4.63. The zero-order valence-corrected chi connectivity index (χ0v) is 14.4. The van der Waals surface area contributed by atoms with Crippen LogP contribution in [0.2, 0.25) is 0 Å². The van der Waals surface area contributed by atoms with E-state index < -0.39 is 0 Å². The van der Waals surface area contributed by atoms with E-state index in [4.69, 9.17) is 0 Å². The van der Waals surface area contributed by atoms with E-state index in [1.807, 2.05) is 24.9 Å². The number of benzene rings is 1. The van der Waals surface area contributed by atoms with Crippen LogP contribution >= 0.6 is 0 Å². The number of aromatic nitrogens is 3. The van der Waals surface area contributed by atoms with E-state index in [2.05, 4.69) is 15.4 Å². The molecule has 1 aromatic carbocycles. The molecule has 0 radical (unpaired) electrons. The molecule has 0 saturated heterocycles. The zero-order valence-electron chi connectivity index (χ0n) is 14.4. The Kier molecular flexibility index (Phi) is 3.82. The second-order valence-corrected chi connectivity index (χ2v) is 6.78. The van der Waals surface area contributed by atoms with Crippen molar-refractivity contribution >= 4 is 16.8 Å². The van der Waals surface area contributed by atoms with Gasteiger partial charge in [-0.15, -0.1) is 0 Å². The monoisotopic (exact) mass is 340 g/mol. The average molecular weight is 340 g/mol. The van der Waals surface area contributed by atoms with Gasteiger partial charge >= 0.3 is 0 Å². The molecule has 1 atom stereocenters. The fraction of sp³-hybridized carbons (Fsp3) is 0.368. The largest absolute Gasteiger partial charge is 0.358 e. The molecule has 1 amide bonds. The first kappa shape index (κ1) is 15.9. The lowest BCUT2D eigenvalue weighted by Crippen LogP contribution is -2.32. The Bertz CT molecular complexity index is 956. The predicted molar refractivity (Wildman–Crippen MR) is 93.7 cm³/mol. The number of aryl methyl sites for hydroxylation is 2. The van der Waals surface area contributed by atoms with E-state index in [9.17, 15) is 9.18 Å². The number of carbonyl (C=O) groups excluding carboxylic acids is 1. The summed E-state index contributed by atoms with van der Waals surface area (Å²) >= 11 is 0. The van der Waals surface area contributed by atoms with E-state index in [0.29, 0.717) is 0 Å². The Balaban J connectivity index is 1.56. The van der Waals surface area contributed by atoms with Crippen LogP contribution in [0.3, 0.4) is 0 Å². The van der Waals surface area contributed by atoms with Gasteiger partial charge in [-0.05, 0) is 49.9 Å². The summed E-state index contributed by atoms with van der Waals surface area (Å²) in [5.41, 5.74) is 4.93. The number of hydrogen-bond acceptors (Lipinski definition) is 2. The van der Waals surface area contributed by atoms with Crippen LogP contribution < -0.4 is 5.32 Å². The Morgan fingerprint density at radius 3 is 3.16 bits per heavy atom. The van der Waals surface area contributed by atoms with Crippen molar-refractivity contribution in [3.63, 3.8) is 0 Å². The van der Waals surface area contributed by atoms with Gasteiger partial charge in [0, 0.05) is 34.9 Å². The number of nitrogens with zero attached hydrogens (tertiary/aromatic N) is 2. The molecule has 2 aromatic heterocycles. The molecular weight excluding hydrogens is 319 g/mol. The van der Waals surface area contributed by atoms with E-state index in [-0.39, 0.29) is 24.2 Å². The van der Waals surface area contributed by atoms with Crippen LogP contribution in [0.1, 0.15) is 41.4 Å². The van der Waals surface area contributed by atoms with Crippen molar-refractivity contribution in [2.24, 2.45) is 7.05 Å². The molecule has 2 heterocycles. The van der Waals surface area contributed by atoms with Gasteiger partial charge in [-0.1, -0.05) is 0 Å². The Morgan fingerprint density at radius 1 is 1.48 bits per heavy atom. The number of hydrogen-bond donors (Lipinski definition) is 2. The summed E-state index contributed by atoms with van der Waals surface area (Å²) in [5.74, 6) is -0.338. The average Bonchev–Trinajstić information content (AvgIpc) is 3.10. The SMILES string of the molecule is Cc1[nH]c2ccc(F)cc2c1CC(=O)N[C@H]1CCCc2c1cnn2C. The van der Waals surface area contributed by atoms with Crippen molar-refractivity contribution in [1.29, 1.82) is 0 Å². The quantitative estimate of drug-likeness (QED) is 0.770. The van der Waals surface area contributed by atoms with Gasteiger partial charge in [0.15, 0.2) is 0 Å². The molecule has 0 saturated carbocycles. The van der Waals surface area contributed by atoms with E-state index in [0.717, 1.165) is 47.0 Å². The minimum atomic E-state index is -0.291. The minimum absolute atomic E-state index is 0.00667. The van der Waals surface area contributed by atoms with E-state index >= 15 is 0 Å². The first-order valence-corrected chi connectivity index (χ1v) is 8.60. The number of rotatable bonds is 3. The predicted octanol–water partition coefficient (Wildman–Crippen LogP) is 3.09. The Hall–Kier alpha value is -2.63. The van der Waals surface area contributed by atoms with Gasteiger partial charge in [-0.3, -0.25) is 9.48 Å². The van der Waals surface area contributed by atoms with Crippen molar-refractivity contribution in [2.75, 3.05) is 0 Å². The van der Waals surface area contributed by atoms with Gasteiger partial charge in [-0.25, -0.2) is 4.39 Å². The zero-order chi connectivity index (χ0) is 17.6. The van der Waals surface area contributed by atoms with Crippen LogP contribution in [-0.2, 0) is 24.7 Å². The molecule has 0 unspecified atom stereocenters. The normalized spacial score (nSPS) is 16.8. The number of amides is 1. The summed E-state index contributed by atoms with van der Waals surface area (Å²) in [4.78, 5) is 15.9. The maximum atomic E-state index is 13.6. The number of halogens is 1. The fourth-order valence-corrected chi connectivity index (χ4v) is 3.84. The van der Waals surface area contributed by atoms with Crippen molar-refractivity contribution < 1.29 is 9.18 Å². The topological polar surface area (TPSA) is 62.7 Å². The highest BCUT2D eigenvalue weighted by Crippen LogP contribution is 2.29. The fourth-order valence-electron chi connectivity index (χ4n) is 3.84. The second-order valence-electron chi connectivity index (χ2n) is 6.78. The number of nitrogens with one attached hydrogen (secondary N) is 2. The lowest BCUT2D eigenvalue weighted by atomic mass is 9.92. The summed E-state index contributed by atoms with van der Waals surface area (Å²) in [6.45, 7) is 1.92. The third-order valence-corrected chi connectivity index (χ3v) is 5.13. The highest BCUT2D eigenvalue weighted by Gasteiger charge is 2.25. The van der Waals surface area contributed by atoms with Crippen LogP contribution in [0, 0.1) is 12.7 Å². The van der Waals surface area contributed by atoms with Crippen molar-refractivity contribution in [1.82, 2.24) is 20.1 Å². The molecule has 2 N–H and O–H groups in total. The molecule has 3 aromatic rings. The molecule has 6 heteroatoms. The smallest absolute Gasteiger partial charge is 0.224 e. The van der Waals surface area contributed by atoms with Crippen LogP contribution in [0.15, 0.2) is 24.4 Å². The summed E-state index contributed by atoms with van der Waals surface area (Å²) < 4.78 is 15.5. The Morgan fingerprint density at radius 2 is 2.32 bits per heavy atom. The molecule has 1 aliphatic rings. The van der Waals surface area contributed by atoms with Gasteiger partial charge in [0.2, 0.25) is 5.91 Å². The van der Waals surface area contributed by atoms with Gasteiger partial charge in [-0.2, -0.15) is 5.10 Å². The third kappa shape index (κ3) is 2.81. The molecule has 4 rings (SSSR count). The lowest BCUT2D eigenvalue weighted by Gasteiger charge is -2.23. The van der Waals surface area contributed by atoms with Gasteiger partial charge in [0.05, 0.1) is 18.7 Å². The second kappa shape index (κ2) is 6.02. The standard InChI is InChI=1S/C19H21FN4O/c1-11-13(14-8-12(20)6-7-17(14)22-11)9-19(25)23-16-4-3-5-18-15(16)10-21-24(18)2/h6-8,10,16,22H,3-5,9H2,1-2H3,(H,23,25)/t16-/m0/s1. The molecule has 130 valence electrons. The summed E-state index contributed by atoms with van der Waals surface area (Å²) in [7, 11) is 1.94. The number of fused-ring (bicyclic) bond motifs is 2. The highest BCUT2D eigenvalue weighted by molar-refractivity contribution is 5.90. The van der Waals surface area contributed by atoms with Gasteiger partial charge in [0.25, 0.3) is 0 Å². The Labute approximate surface area is 145 Å². The molecule has 5 nitrogen and oxygen atoms in total. The maximum Gasteiger partial charge on any atom is 0.224 e. The molecule has 1 aliphatic carbocycles. The van der Waals surface area contributed by atoms with E-state index in [1.54, 1.807) is 6.07 Å². The highest BCUT2D eigenvalue weighted by atomic mass is 19.1. The van der Waals surface area contributed by atoms with Crippen LogP contribution in [0.4, 0.5) is 4.39 Å². The van der Waals surface area contributed by atoms with Crippen LogP contribution in [-0.4, -0.2) is 20.7 Å². The van der Waals surface area contributed by atoms with Gasteiger partial charge < -0.3 is 10.3 Å². The minimum Gasteiger partial charge on any atom is -0.358 e. The lowest BCUT2D eigenvalue weighted by molar-refractivity contribution is -0.121. The molecule has 0 fully saturated rings. The maximum absolute atomic E-state index is 13.6. The number of carbonyl (C=O) groups is 1. The first-order valence-electron chi connectivity index (χ1n) is 8.60. The summed E-state index contributed by atoms with van der Waals surface area (Å²) in [5, 5.41) is 8.22. The molecule has 25 heavy (non-hydrogen) atoms. The van der Waals surface area contributed by atoms with Crippen LogP contribution in [0.5, 0.6) is 0 Å². The third-order valence-electron chi connectivity index (χ3n) is 5.13. The van der Waals surface area contributed by atoms with E-state index in [1.165, 1.54) is 17.8 Å². The molecular formula is C19H21FN4O. The number of H-pyrrole nitrogens is 1. The molecule has 0 aliphatic heterocycles. The first-order chi connectivity index (χ1) is 12.0.